The number of hydrogen-bond donors (Lipinski definition) is 1. The van der Waals surface area contributed by atoms with Crippen molar-refractivity contribution in [2.75, 3.05) is 7.05 Å². The molecule has 0 radical (unpaired) electrons. The van der Waals surface area contributed by atoms with Gasteiger partial charge in [-0.1, -0.05) is 13.8 Å². The highest BCUT2D eigenvalue weighted by atomic mass is 79.9. The summed E-state index contributed by atoms with van der Waals surface area (Å²) in [6, 6.07) is 3.94. The lowest BCUT2D eigenvalue weighted by molar-refractivity contribution is 0.703. The number of nitrogens with one attached hydrogen (secondary N) is 1. The molecule has 2 heterocycles. The molecule has 1 N–H and O–H groups in total. The van der Waals surface area contributed by atoms with Crippen LogP contribution in [0.2, 0.25) is 0 Å². The second kappa shape index (κ2) is 5.63. The highest BCUT2D eigenvalue weighted by Crippen LogP contribution is 2.22. The largest absolute Gasteiger partial charge is 0.316 e. The van der Waals surface area contributed by atoms with Crippen LogP contribution < -0.4 is 5.32 Å². The van der Waals surface area contributed by atoms with Crippen molar-refractivity contribution >= 4 is 15.9 Å². The minimum Gasteiger partial charge on any atom is -0.316 e. The standard InChI is InChI=1S/C13H17BrN4/c1-9(2)13-10(6-15-3)7-17-18(13)12-5-4-11(14)8-16-12/h4-5,7-9,15H,6H2,1-3H3. The van der Waals surface area contributed by atoms with Gasteiger partial charge in [-0.05, 0) is 41.0 Å². The van der Waals surface area contributed by atoms with Gasteiger partial charge in [0.1, 0.15) is 0 Å². The summed E-state index contributed by atoms with van der Waals surface area (Å²) in [6.45, 7) is 5.17. The monoisotopic (exact) mass is 308 g/mol. The van der Waals surface area contributed by atoms with Gasteiger partial charge in [0.25, 0.3) is 0 Å². The fourth-order valence-corrected chi connectivity index (χ4v) is 2.24. The summed E-state index contributed by atoms with van der Waals surface area (Å²) >= 11 is 3.39. The summed E-state index contributed by atoms with van der Waals surface area (Å²) in [5.74, 6) is 1.26. The summed E-state index contributed by atoms with van der Waals surface area (Å²) in [5.41, 5.74) is 2.43. The first-order valence-corrected chi connectivity index (χ1v) is 6.76. The second-order valence-corrected chi connectivity index (χ2v) is 5.40. The summed E-state index contributed by atoms with van der Waals surface area (Å²) in [4.78, 5) is 4.40. The summed E-state index contributed by atoms with van der Waals surface area (Å²) in [7, 11) is 1.94. The van der Waals surface area contributed by atoms with Gasteiger partial charge in [-0.3, -0.25) is 0 Å². The molecule has 0 bridgehead atoms. The zero-order valence-electron chi connectivity index (χ0n) is 10.8. The number of rotatable bonds is 4. The molecule has 0 fully saturated rings. The Balaban J connectivity index is 2.47. The Kier molecular flexibility index (Phi) is 4.14. The van der Waals surface area contributed by atoms with Gasteiger partial charge in [0.05, 0.1) is 11.9 Å². The molecule has 0 atom stereocenters. The zero-order valence-corrected chi connectivity index (χ0v) is 12.4. The van der Waals surface area contributed by atoms with Crippen molar-refractivity contribution in [3.8, 4) is 5.82 Å². The van der Waals surface area contributed by atoms with Crippen LogP contribution in [0.3, 0.4) is 0 Å². The van der Waals surface area contributed by atoms with E-state index in [4.69, 9.17) is 0 Å². The molecule has 2 aromatic heterocycles. The molecule has 0 unspecified atom stereocenters. The average molecular weight is 309 g/mol. The molecular weight excluding hydrogens is 292 g/mol. The molecule has 2 aromatic rings. The highest BCUT2D eigenvalue weighted by Gasteiger charge is 2.15. The fourth-order valence-electron chi connectivity index (χ4n) is 2.01. The van der Waals surface area contributed by atoms with Crippen LogP contribution in [0.4, 0.5) is 0 Å². The van der Waals surface area contributed by atoms with Gasteiger partial charge in [-0.2, -0.15) is 5.10 Å². The van der Waals surface area contributed by atoms with Gasteiger partial charge in [0, 0.05) is 22.8 Å². The van der Waals surface area contributed by atoms with Gasteiger partial charge in [-0.25, -0.2) is 9.67 Å². The molecule has 0 spiro atoms. The zero-order chi connectivity index (χ0) is 13.1. The van der Waals surface area contributed by atoms with Crippen LogP contribution >= 0.6 is 15.9 Å². The molecule has 4 nitrogen and oxygen atoms in total. The molecule has 0 aliphatic heterocycles. The molecule has 0 amide bonds. The minimum absolute atomic E-state index is 0.404. The van der Waals surface area contributed by atoms with E-state index in [0.717, 1.165) is 16.8 Å². The minimum atomic E-state index is 0.404. The van der Waals surface area contributed by atoms with E-state index in [1.165, 1.54) is 11.3 Å². The fraction of sp³-hybridized carbons (Fsp3) is 0.385. The quantitative estimate of drug-likeness (QED) is 0.944. The van der Waals surface area contributed by atoms with E-state index in [-0.39, 0.29) is 0 Å². The topological polar surface area (TPSA) is 42.7 Å². The molecule has 0 aliphatic rings. The van der Waals surface area contributed by atoms with Crippen molar-refractivity contribution in [1.82, 2.24) is 20.1 Å². The van der Waals surface area contributed by atoms with Gasteiger partial charge < -0.3 is 5.32 Å². The van der Waals surface area contributed by atoms with Crippen LogP contribution in [0.5, 0.6) is 0 Å². The predicted molar refractivity (Wildman–Crippen MR) is 75.9 cm³/mol. The van der Waals surface area contributed by atoms with Crippen LogP contribution in [0, 0.1) is 0 Å². The molecule has 0 aromatic carbocycles. The van der Waals surface area contributed by atoms with Crippen LogP contribution in [0.15, 0.2) is 29.0 Å². The summed E-state index contributed by atoms with van der Waals surface area (Å²) in [5, 5.41) is 7.63. The molecule has 96 valence electrons. The van der Waals surface area contributed by atoms with Crippen molar-refractivity contribution in [3.63, 3.8) is 0 Å². The van der Waals surface area contributed by atoms with E-state index in [0.29, 0.717) is 5.92 Å². The Labute approximate surface area is 116 Å². The predicted octanol–water partition coefficient (Wildman–Crippen LogP) is 2.87. The number of aromatic nitrogens is 3. The third-order valence-electron chi connectivity index (χ3n) is 2.73. The number of pyridine rings is 1. The Morgan fingerprint density at radius 2 is 2.11 bits per heavy atom. The first-order chi connectivity index (χ1) is 8.63. The van der Waals surface area contributed by atoms with Crippen LogP contribution in [0.25, 0.3) is 5.82 Å². The van der Waals surface area contributed by atoms with Crippen LogP contribution in [0.1, 0.15) is 31.0 Å². The third kappa shape index (κ3) is 2.62. The molecule has 5 heteroatoms. The average Bonchev–Trinajstić information content (AvgIpc) is 2.74. The van der Waals surface area contributed by atoms with Crippen molar-refractivity contribution in [3.05, 3.63) is 40.3 Å². The van der Waals surface area contributed by atoms with Crippen molar-refractivity contribution in [2.24, 2.45) is 0 Å². The maximum Gasteiger partial charge on any atom is 0.153 e. The van der Waals surface area contributed by atoms with E-state index in [9.17, 15) is 0 Å². The number of nitrogens with zero attached hydrogens (tertiary/aromatic N) is 3. The Bertz CT molecular complexity index is 516. The van der Waals surface area contributed by atoms with Gasteiger partial charge in [-0.15, -0.1) is 0 Å². The lowest BCUT2D eigenvalue weighted by Gasteiger charge is -2.12. The Morgan fingerprint density at radius 3 is 2.67 bits per heavy atom. The molecular formula is C13H17BrN4. The normalized spacial score (nSPS) is 11.2. The van der Waals surface area contributed by atoms with Gasteiger partial charge in [0.15, 0.2) is 5.82 Å². The summed E-state index contributed by atoms with van der Waals surface area (Å²) < 4.78 is 2.89. The molecule has 18 heavy (non-hydrogen) atoms. The van der Waals surface area contributed by atoms with Crippen molar-refractivity contribution in [2.45, 2.75) is 26.3 Å². The van der Waals surface area contributed by atoms with E-state index in [1.54, 1.807) is 6.20 Å². The second-order valence-electron chi connectivity index (χ2n) is 4.49. The number of hydrogen-bond acceptors (Lipinski definition) is 3. The first kappa shape index (κ1) is 13.2. The summed E-state index contributed by atoms with van der Waals surface area (Å²) in [6.07, 6.45) is 3.70. The van der Waals surface area contributed by atoms with E-state index in [1.807, 2.05) is 30.1 Å². The SMILES string of the molecule is CNCc1cnn(-c2ccc(Br)cn2)c1C(C)C. The maximum atomic E-state index is 4.45. The smallest absolute Gasteiger partial charge is 0.153 e. The van der Waals surface area contributed by atoms with Crippen molar-refractivity contribution in [1.29, 1.82) is 0 Å². The van der Waals surface area contributed by atoms with Crippen molar-refractivity contribution < 1.29 is 0 Å². The van der Waals surface area contributed by atoms with Crippen LogP contribution in [-0.2, 0) is 6.54 Å². The number of halogens is 1. The first-order valence-electron chi connectivity index (χ1n) is 5.96. The lowest BCUT2D eigenvalue weighted by Crippen LogP contribution is -2.11. The van der Waals surface area contributed by atoms with E-state index < -0.39 is 0 Å². The molecule has 2 rings (SSSR count). The highest BCUT2D eigenvalue weighted by molar-refractivity contribution is 9.10. The molecule has 0 saturated carbocycles. The molecule has 0 aliphatic carbocycles. The lowest BCUT2D eigenvalue weighted by atomic mass is 10.1. The van der Waals surface area contributed by atoms with Gasteiger partial charge >= 0.3 is 0 Å². The Morgan fingerprint density at radius 1 is 1.33 bits per heavy atom. The molecule has 0 saturated heterocycles. The Hall–Kier alpha value is -1.20. The van der Waals surface area contributed by atoms with E-state index in [2.05, 4.69) is 45.2 Å². The van der Waals surface area contributed by atoms with Gasteiger partial charge in [0.2, 0.25) is 0 Å². The van der Waals surface area contributed by atoms with Crippen LogP contribution in [-0.4, -0.2) is 21.8 Å². The maximum absolute atomic E-state index is 4.45. The van der Waals surface area contributed by atoms with E-state index >= 15 is 0 Å². The third-order valence-corrected chi connectivity index (χ3v) is 3.20.